The van der Waals surface area contributed by atoms with Crippen molar-refractivity contribution in [2.75, 3.05) is 0 Å². The maximum absolute atomic E-state index is 11.0. The van der Waals surface area contributed by atoms with Crippen molar-refractivity contribution in [3.05, 3.63) is 72.1 Å². The van der Waals surface area contributed by atoms with Crippen LogP contribution in [0.4, 0.5) is 0 Å². The molecule has 2 aromatic heterocycles. The Morgan fingerprint density at radius 2 is 2.08 bits per heavy atom. The lowest BCUT2D eigenvalue weighted by atomic mass is 10.1. The Bertz CT molecular complexity index is 862. The van der Waals surface area contributed by atoms with E-state index in [-0.39, 0.29) is 0 Å². The summed E-state index contributed by atoms with van der Waals surface area (Å²) in [4.78, 5) is 19.7. The third kappa shape index (κ3) is 4.79. The van der Waals surface area contributed by atoms with E-state index >= 15 is 0 Å². The Morgan fingerprint density at radius 3 is 2.80 bits per heavy atom. The molecule has 2 heterocycles. The number of hydrogen-bond donors (Lipinski definition) is 2. The number of aromatic nitrogens is 2. The minimum Gasteiger partial charge on any atom is -0.463 e. The molecule has 1 amide bonds. The zero-order chi connectivity index (χ0) is 17.5. The average molecular weight is 353 g/mol. The molecule has 1 aromatic carbocycles. The van der Waals surface area contributed by atoms with Crippen LogP contribution in [-0.2, 0) is 10.5 Å². The number of nitrogens with one attached hydrogen (secondary N) is 1. The van der Waals surface area contributed by atoms with E-state index in [0.29, 0.717) is 10.9 Å². The molecule has 3 rings (SSSR count). The van der Waals surface area contributed by atoms with Gasteiger partial charge in [-0.05, 0) is 35.4 Å². The molecule has 0 aliphatic carbocycles. The van der Waals surface area contributed by atoms with E-state index < -0.39 is 5.91 Å². The Balaban J connectivity index is 1.61. The molecule has 0 aliphatic heterocycles. The van der Waals surface area contributed by atoms with Crippen molar-refractivity contribution in [3.63, 3.8) is 0 Å². The smallest absolute Gasteiger partial charge is 0.267 e. The summed E-state index contributed by atoms with van der Waals surface area (Å²) in [7, 11) is 0. The molecule has 0 bridgehead atoms. The average Bonchev–Trinajstić information content (AvgIpc) is 3.20. The predicted octanol–water partition coefficient (Wildman–Crippen LogP) is 3.55. The van der Waals surface area contributed by atoms with E-state index in [9.17, 15) is 4.79 Å². The molecule has 0 fully saturated rings. The number of benzene rings is 1. The highest BCUT2D eigenvalue weighted by atomic mass is 32.2. The van der Waals surface area contributed by atoms with Gasteiger partial charge in [0.2, 0.25) is 0 Å². The van der Waals surface area contributed by atoms with E-state index in [4.69, 9.17) is 9.62 Å². The van der Waals surface area contributed by atoms with Crippen molar-refractivity contribution in [1.29, 1.82) is 0 Å². The molecule has 0 spiro atoms. The lowest BCUT2D eigenvalue weighted by Gasteiger charge is -2.03. The van der Waals surface area contributed by atoms with Crippen LogP contribution in [0, 0.1) is 0 Å². The molecule has 0 aliphatic rings. The van der Waals surface area contributed by atoms with Crippen LogP contribution in [0.5, 0.6) is 0 Å². The summed E-state index contributed by atoms with van der Waals surface area (Å²) < 4.78 is 5.35. The molecule has 0 saturated carbocycles. The molecular weight excluding hydrogens is 338 g/mol. The molecular formula is C18H15N3O3S. The zero-order valence-corrected chi connectivity index (χ0v) is 13.9. The van der Waals surface area contributed by atoms with Gasteiger partial charge in [-0.25, -0.2) is 15.4 Å². The van der Waals surface area contributed by atoms with Gasteiger partial charge in [-0.2, -0.15) is 0 Å². The van der Waals surface area contributed by atoms with Gasteiger partial charge in [-0.3, -0.25) is 10.0 Å². The fraction of sp³-hybridized carbons (Fsp3) is 0.0556. The Hall–Kier alpha value is -2.90. The Morgan fingerprint density at radius 1 is 1.24 bits per heavy atom. The van der Waals surface area contributed by atoms with Crippen LogP contribution in [0.2, 0.25) is 0 Å². The Labute approximate surface area is 148 Å². The highest BCUT2D eigenvalue weighted by Gasteiger charge is 2.05. The van der Waals surface area contributed by atoms with E-state index in [1.807, 2.05) is 42.5 Å². The van der Waals surface area contributed by atoms with Gasteiger partial charge in [0.1, 0.15) is 5.69 Å². The van der Waals surface area contributed by atoms with Crippen LogP contribution < -0.4 is 5.48 Å². The van der Waals surface area contributed by atoms with Crippen molar-refractivity contribution in [2.45, 2.75) is 10.9 Å². The third-order valence-electron chi connectivity index (χ3n) is 3.29. The standard InChI is InChI=1S/C18H15N3O3S/c22-17(21-23)8-7-13-3-5-14(6-4-13)12-25-18-19-10-9-15(20-18)16-2-1-11-24-16/h1-11,23H,12H2,(H,21,22). The molecule has 3 aromatic rings. The monoisotopic (exact) mass is 353 g/mol. The predicted molar refractivity (Wildman–Crippen MR) is 94.7 cm³/mol. The zero-order valence-electron chi connectivity index (χ0n) is 13.1. The van der Waals surface area contributed by atoms with Gasteiger partial charge in [0, 0.05) is 18.0 Å². The van der Waals surface area contributed by atoms with Crippen LogP contribution in [0.1, 0.15) is 11.1 Å². The first-order valence-electron chi connectivity index (χ1n) is 7.45. The molecule has 126 valence electrons. The lowest BCUT2D eigenvalue weighted by Crippen LogP contribution is -2.14. The molecule has 25 heavy (non-hydrogen) atoms. The number of thioether (sulfide) groups is 1. The summed E-state index contributed by atoms with van der Waals surface area (Å²) in [6.07, 6.45) is 6.22. The van der Waals surface area contributed by atoms with Crippen molar-refractivity contribution < 1.29 is 14.4 Å². The van der Waals surface area contributed by atoms with Crippen molar-refractivity contribution >= 4 is 23.7 Å². The highest BCUT2D eigenvalue weighted by molar-refractivity contribution is 7.98. The number of furan rings is 1. The first-order chi connectivity index (χ1) is 12.2. The normalized spacial score (nSPS) is 10.9. The van der Waals surface area contributed by atoms with Gasteiger partial charge in [0.05, 0.1) is 6.26 Å². The SMILES string of the molecule is O=C(C=Cc1ccc(CSc2nccc(-c3ccco3)n2)cc1)NO. The first kappa shape index (κ1) is 16.9. The summed E-state index contributed by atoms with van der Waals surface area (Å²) in [6, 6.07) is 13.2. The molecule has 2 N–H and O–H groups in total. The Kier molecular flexibility index (Phi) is 5.61. The second-order valence-corrected chi connectivity index (χ2v) is 5.98. The summed E-state index contributed by atoms with van der Waals surface area (Å²) in [5, 5.41) is 9.12. The minimum absolute atomic E-state index is 0.562. The van der Waals surface area contributed by atoms with E-state index in [1.54, 1.807) is 24.0 Å². The summed E-state index contributed by atoms with van der Waals surface area (Å²) in [6.45, 7) is 0. The number of carbonyl (C=O) groups excluding carboxylic acids is 1. The summed E-state index contributed by atoms with van der Waals surface area (Å²) in [5.41, 5.74) is 4.29. The van der Waals surface area contributed by atoms with Crippen LogP contribution in [0.25, 0.3) is 17.5 Å². The molecule has 0 unspecified atom stereocenters. The summed E-state index contributed by atoms with van der Waals surface area (Å²) >= 11 is 1.53. The molecule has 0 saturated heterocycles. The maximum atomic E-state index is 11.0. The maximum Gasteiger partial charge on any atom is 0.267 e. The number of rotatable bonds is 6. The highest BCUT2D eigenvalue weighted by Crippen LogP contribution is 2.23. The van der Waals surface area contributed by atoms with E-state index in [2.05, 4.69) is 9.97 Å². The number of hydrogen-bond acceptors (Lipinski definition) is 6. The first-order valence-corrected chi connectivity index (χ1v) is 8.44. The van der Waals surface area contributed by atoms with Crippen molar-refractivity contribution in [2.24, 2.45) is 0 Å². The number of nitrogens with zero attached hydrogens (tertiary/aromatic N) is 2. The molecule has 0 radical (unpaired) electrons. The number of hydroxylamine groups is 1. The van der Waals surface area contributed by atoms with Gasteiger partial charge in [-0.1, -0.05) is 36.0 Å². The number of amides is 1. The summed E-state index contributed by atoms with van der Waals surface area (Å²) in [5.74, 6) is 0.878. The van der Waals surface area contributed by atoms with Gasteiger partial charge < -0.3 is 4.42 Å². The lowest BCUT2D eigenvalue weighted by molar-refractivity contribution is -0.124. The fourth-order valence-corrected chi connectivity index (χ4v) is 2.84. The molecule has 0 atom stereocenters. The second-order valence-electron chi connectivity index (χ2n) is 5.04. The van der Waals surface area contributed by atoms with Crippen LogP contribution >= 0.6 is 11.8 Å². The fourth-order valence-electron chi connectivity index (χ4n) is 2.05. The van der Waals surface area contributed by atoms with Gasteiger partial charge >= 0.3 is 0 Å². The number of carbonyl (C=O) groups is 1. The topological polar surface area (TPSA) is 88.2 Å². The van der Waals surface area contributed by atoms with Crippen LogP contribution in [0.15, 0.2) is 70.6 Å². The molecule has 7 heteroatoms. The van der Waals surface area contributed by atoms with E-state index in [1.165, 1.54) is 17.8 Å². The van der Waals surface area contributed by atoms with E-state index in [0.717, 1.165) is 22.6 Å². The van der Waals surface area contributed by atoms with Gasteiger partial charge in [-0.15, -0.1) is 0 Å². The second kappa shape index (κ2) is 8.27. The van der Waals surface area contributed by atoms with Gasteiger partial charge in [0.15, 0.2) is 10.9 Å². The van der Waals surface area contributed by atoms with Crippen molar-refractivity contribution in [3.8, 4) is 11.5 Å². The largest absolute Gasteiger partial charge is 0.463 e. The van der Waals surface area contributed by atoms with Crippen LogP contribution in [0.3, 0.4) is 0 Å². The third-order valence-corrected chi connectivity index (χ3v) is 4.22. The minimum atomic E-state index is -0.562. The van der Waals surface area contributed by atoms with Crippen LogP contribution in [-0.4, -0.2) is 21.1 Å². The molecule has 6 nitrogen and oxygen atoms in total. The quantitative estimate of drug-likeness (QED) is 0.232. The van der Waals surface area contributed by atoms with Gasteiger partial charge in [0.25, 0.3) is 5.91 Å². The van der Waals surface area contributed by atoms with Crippen molar-refractivity contribution in [1.82, 2.24) is 15.4 Å².